The van der Waals surface area contributed by atoms with Gasteiger partial charge in [-0.1, -0.05) is 59.5 Å². The number of aliphatic hydroxyl groups is 1. The zero-order valence-corrected chi connectivity index (χ0v) is 28.7. The number of carbonyl (C=O) groups is 5. The fourth-order valence-electron chi connectivity index (χ4n) is 6.77. The van der Waals surface area contributed by atoms with Crippen LogP contribution < -0.4 is 21.3 Å². The average molecular weight is 668 g/mol. The van der Waals surface area contributed by atoms with E-state index in [1.807, 2.05) is 27.7 Å². The van der Waals surface area contributed by atoms with Gasteiger partial charge in [0.15, 0.2) is 6.10 Å². The van der Waals surface area contributed by atoms with Crippen molar-refractivity contribution in [2.24, 2.45) is 17.3 Å². The van der Waals surface area contributed by atoms with Crippen molar-refractivity contribution in [1.29, 1.82) is 0 Å². The highest BCUT2D eigenvalue weighted by Crippen LogP contribution is 2.31. The quantitative estimate of drug-likeness (QED) is 0.187. The number of nitrogens with zero attached hydrogens (tertiary/aromatic N) is 3. The minimum absolute atomic E-state index is 0.0563. The lowest BCUT2D eigenvalue weighted by molar-refractivity contribution is -0.145. The Kier molecular flexibility index (Phi) is 12.7. The predicted octanol–water partition coefficient (Wildman–Crippen LogP) is 2.01. The molecule has 48 heavy (non-hydrogen) atoms. The molecule has 1 saturated heterocycles. The van der Waals surface area contributed by atoms with Crippen molar-refractivity contribution in [3.8, 4) is 0 Å². The Hall–Kier alpha value is -3.87. The SMILES string of the molecule is C=C[C@H]1CCN(C(=O)[C@@H](NC(=O)[C@@H](NC(=O)c2cnccn2)C2CCCCC2)C(C)(C)C)[C@@H]1C(=O)N[C@@H](CCC)C(O)C(=O)NC1CC1. The first kappa shape index (κ1) is 37.0. The van der Waals surface area contributed by atoms with Gasteiger partial charge in [-0.3, -0.25) is 29.0 Å². The van der Waals surface area contributed by atoms with Gasteiger partial charge >= 0.3 is 0 Å². The monoisotopic (exact) mass is 667 g/mol. The van der Waals surface area contributed by atoms with E-state index in [9.17, 15) is 29.1 Å². The van der Waals surface area contributed by atoms with Gasteiger partial charge in [-0.05, 0) is 49.9 Å². The fraction of sp³-hybridized carbons (Fsp3) is 0.686. The minimum Gasteiger partial charge on any atom is -0.381 e. The number of aliphatic hydroxyl groups excluding tert-OH is 1. The van der Waals surface area contributed by atoms with Crippen LogP contribution in [0.5, 0.6) is 0 Å². The van der Waals surface area contributed by atoms with Gasteiger partial charge in [0.25, 0.3) is 11.8 Å². The second-order valence-electron chi connectivity index (χ2n) is 14.5. The molecule has 4 rings (SSSR count). The molecular weight excluding hydrogens is 614 g/mol. The molecule has 2 saturated carbocycles. The van der Waals surface area contributed by atoms with Gasteiger partial charge in [0.05, 0.1) is 12.2 Å². The number of carbonyl (C=O) groups excluding carboxylic acids is 5. The number of likely N-dealkylation sites (tertiary alicyclic amines) is 1. The van der Waals surface area contributed by atoms with Crippen LogP contribution in [0.4, 0.5) is 0 Å². The summed E-state index contributed by atoms with van der Waals surface area (Å²) in [6.07, 6.45) is 12.0. The largest absolute Gasteiger partial charge is 0.381 e. The maximum atomic E-state index is 14.4. The number of hydrogen-bond acceptors (Lipinski definition) is 8. The van der Waals surface area contributed by atoms with Crippen molar-refractivity contribution in [1.82, 2.24) is 36.1 Å². The van der Waals surface area contributed by atoms with Gasteiger partial charge in [-0.2, -0.15) is 0 Å². The molecular formula is C35H53N7O6. The Morgan fingerprint density at radius 1 is 1.00 bits per heavy atom. The molecule has 0 aromatic carbocycles. The molecule has 2 aliphatic carbocycles. The molecule has 3 fully saturated rings. The van der Waals surface area contributed by atoms with Crippen LogP contribution in [0.2, 0.25) is 0 Å². The molecule has 5 amide bonds. The third kappa shape index (κ3) is 9.39. The molecule has 1 aliphatic heterocycles. The Labute approximate surface area is 283 Å². The first-order valence-corrected chi connectivity index (χ1v) is 17.4. The number of amides is 5. The molecule has 13 heteroatoms. The smallest absolute Gasteiger partial charge is 0.272 e. The molecule has 1 aromatic heterocycles. The standard InChI is InChI=1S/C35H53N7O6/c1-6-11-24(28(43)33(47)38-23-14-15-23)39-32(46)27-21(7-2)16-19-42(27)34(48)29(35(3,4)5)41-31(45)26(22-12-9-8-10-13-22)40-30(44)25-20-36-17-18-37-25/h7,17-18,20-24,26-29,43H,2,6,8-16,19H2,1,3-5H3,(H,38,47)(H,39,46)(H,40,44)(H,41,45)/t21-,24-,26-,27-,28?,29+/m0/s1. The Bertz CT molecular complexity index is 1310. The van der Waals surface area contributed by atoms with Crippen molar-refractivity contribution in [2.45, 2.75) is 128 Å². The second-order valence-corrected chi connectivity index (χ2v) is 14.5. The lowest BCUT2D eigenvalue weighted by Crippen LogP contribution is -2.62. The Balaban J connectivity index is 1.54. The van der Waals surface area contributed by atoms with Crippen molar-refractivity contribution >= 4 is 29.5 Å². The van der Waals surface area contributed by atoms with Crippen LogP contribution in [0.15, 0.2) is 31.2 Å². The van der Waals surface area contributed by atoms with Crippen molar-refractivity contribution in [3.63, 3.8) is 0 Å². The van der Waals surface area contributed by atoms with E-state index in [0.717, 1.165) is 44.9 Å². The summed E-state index contributed by atoms with van der Waals surface area (Å²) < 4.78 is 0. The van der Waals surface area contributed by atoms with E-state index in [1.54, 1.807) is 6.08 Å². The highest BCUT2D eigenvalue weighted by Gasteiger charge is 2.47. The topological polar surface area (TPSA) is 183 Å². The summed E-state index contributed by atoms with van der Waals surface area (Å²) in [5.74, 6) is -2.92. The van der Waals surface area contributed by atoms with Crippen LogP contribution in [-0.2, 0) is 19.2 Å². The van der Waals surface area contributed by atoms with E-state index in [2.05, 4.69) is 37.8 Å². The molecule has 2 heterocycles. The normalized spacial score (nSPS) is 22.5. The first-order chi connectivity index (χ1) is 22.8. The summed E-state index contributed by atoms with van der Waals surface area (Å²) in [6, 6.07) is -3.64. The highest BCUT2D eigenvalue weighted by atomic mass is 16.3. The van der Waals surface area contributed by atoms with E-state index < -0.39 is 65.2 Å². The van der Waals surface area contributed by atoms with Gasteiger partial charge < -0.3 is 31.3 Å². The summed E-state index contributed by atoms with van der Waals surface area (Å²) in [7, 11) is 0. The summed E-state index contributed by atoms with van der Waals surface area (Å²) >= 11 is 0. The minimum atomic E-state index is -1.43. The predicted molar refractivity (Wildman–Crippen MR) is 179 cm³/mol. The third-order valence-electron chi connectivity index (χ3n) is 9.69. The van der Waals surface area contributed by atoms with E-state index in [-0.39, 0.29) is 30.1 Å². The van der Waals surface area contributed by atoms with Crippen LogP contribution in [0.3, 0.4) is 0 Å². The van der Waals surface area contributed by atoms with Crippen molar-refractivity contribution < 1.29 is 29.1 Å². The molecule has 1 aromatic rings. The number of aromatic nitrogens is 2. The average Bonchev–Trinajstić information content (AvgIpc) is 3.78. The van der Waals surface area contributed by atoms with Crippen LogP contribution >= 0.6 is 0 Å². The maximum Gasteiger partial charge on any atom is 0.272 e. The van der Waals surface area contributed by atoms with Crippen molar-refractivity contribution in [3.05, 3.63) is 36.9 Å². The van der Waals surface area contributed by atoms with Crippen LogP contribution in [-0.4, -0.2) is 92.4 Å². The zero-order chi connectivity index (χ0) is 35.0. The molecule has 0 radical (unpaired) electrons. The summed E-state index contributed by atoms with van der Waals surface area (Å²) in [4.78, 5) is 77.7. The molecule has 3 aliphatic rings. The van der Waals surface area contributed by atoms with E-state index in [1.165, 1.54) is 23.5 Å². The summed E-state index contributed by atoms with van der Waals surface area (Å²) in [6.45, 7) is 11.6. The summed E-state index contributed by atoms with van der Waals surface area (Å²) in [5, 5.41) is 22.3. The van der Waals surface area contributed by atoms with Crippen LogP contribution in [0.1, 0.15) is 102 Å². The molecule has 264 valence electrons. The highest BCUT2D eigenvalue weighted by molar-refractivity contribution is 5.98. The molecule has 5 N–H and O–H groups in total. The van der Waals surface area contributed by atoms with Crippen molar-refractivity contribution in [2.75, 3.05) is 6.54 Å². The Morgan fingerprint density at radius 2 is 1.71 bits per heavy atom. The summed E-state index contributed by atoms with van der Waals surface area (Å²) in [5.41, 5.74) is -0.666. The fourth-order valence-corrected chi connectivity index (χ4v) is 6.77. The molecule has 6 atom stereocenters. The van der Waals surface area contributed by atoms with E-state index >= 15 is 0 Å². The first-order valence-electron chi connectivity index (χ1n) is 17.4. The molecule has 0 bridgehead atoms. The third-order valence-corrected chi connectivity index (χ3v) is 9.69. The lowest BCUT2D eigenvalue weighted by atomic mass is 9.82. The zero-order valence-electron chi connectivity index (χ0n) is 28.7. The number of rotatable bonds is 14. The lowest BCUT2D eigenvalue weighted by Gasteiger charge is -2.38. The molecule has 1 unspecified atom stereocenters. The van der Waals surface area contributed by atoms with E-state index in [0.29, 0.717) is 19.3 Å². The second kappa shape index (κ2) is 16.5. The number of nitrogens with one attached hydrogen (secondary N) is 4. The molecule has 13 nitrogen and oxygen atoms in total. The maximum absolute atomic E-state index is 14.4. The number of hydrogen-bond donors (Lipinski definition) is 5. The van der Waals surface area contributed by atoms with Crippen LogP contribution in [0, 0.1) is 17.3 Å². The van der Waals surface area contributed by atoms with Gasteiger partial charge in [0, 0.05) is 30.9 Å². The van der Waals surface area contributed by atoms with Crippen LogP contribution in [0.25, 0.3) is 0 Å². The van der Waals surface area contributed by atoms with E-state index in [4.69, 9.17) is 0 Å². The van der Waals surface area contributed by atoms with Gasteiger partial charge in [0.1, 0.15) is 23.8 Å². The molecule has 0 spiro atoms. The van der Waals surface area contributed by atoms with Gasteiger partial charge in [0.2, 0.25) is 17.7 Å². The Morgan fingerprint density at radius 3 is 2.29 bits per heavy atom. The van der Waals surface area contributed by atoms with Gasteiger partial charge in [-0.25, -0.2) is 4.98 Å². The van der Waals surface area contributed by atoms with Gasteiger partial charge in [-0.15, -0.1) is 6.58 Å².